The van der Waals surface area contributed by atoms with E-state index in [2.05, 4.69) is 10.3 Å². The maximum Gasteiger partial charge on any atom is 0.446 e. The maximum atomic E-state index is 13.9. The van der Waals surface area contributed by atoms with Gasteiger partial charge in [0.15, 0.2) is 0 Å². The van der Waals surface area contributed by atoms with Crippen LogP contribution in [0.4, 0.5) is 34.6 Å². The molecule has 0 saturated carbocycles. The number of hydrogen-bond acceptors (Lipinski definition) is 3. The molecule has 140 valence electrons. The van der Waals surface area contributed by atoms with Crippen molar-refractivity contribution in [1.29, 1.82) is 0 Å². The molecule has 0 aliphatic carbocycles. The van der Waals surface area contributed by atoms with Crippen LogP contribution in [0, 0.1) is 12.7 Å². The molecule has 2 rings (SSSR count). The van der Waals surface area contributed by atoms with Crippen molar-refractivity contribution in [2.24, 2.45) is 4.99 Å². The first-order valence-corrected chi connectivity index (χ1v) is 8.67. The Labute approximate surface area is 154 Å². The molecule has 0 unspecified atom stereocenters. The first kappa shape index (κ1) is 20.1. The summed E-state index contributed by atoms with van der Waals surface area (Å²) >= 11 is -0.176. The van der Waals surface area contributed by atoms with E-state index in [-0.39, 0.29) is 16.7 Å². The van der Waals surface area contributed by atoms with Crippen molar-refractivity contribution in [2.45, 2.75) is 24.3 Å². The van der Waals surface area contributed by atoms with Crippen LogP contribution < -0.4 is 5.32 Å². The van der Waals surface area contributed by atoms with E-state index >= 15 is 0 Å². The fraction of sp³-hybridized carbons (Fsp3) is 0.278. The highest BCUT2D eigenvalue weighted by molar-refractivity contribution is 8.00. The number of thioether (sulfide) groups is 1. The van der Waals surface area contributed by atoms with Gasteiger partial charge in [0.05, 0.1) is 12.0 Å². The lowest BCUT2D eigenvalue weighted by molar-refractivity contribution is -0.0328. The number of aliphatic imine (C=N–C) groups is 1. The molecule has 26 heavy (non-hydrogen) atoms. The van der Waals surface area contributed by atoms with Gasteiger partial charge in [-0.05, 0) is 67.6 Å². The van der Waals surface area contributed by atoms with E-state index in [1.807, 2.05) is 18.9 Å². The highest BCUT2D eigenvalue weighted by atomic mass is 32.2. The van der Waals surface area contributed by atoms with Gasteiger partial charge in [0, 0.05) is 29.9 Å². The lowest BCUT2D eigenvalue weighted by Crippen LogP contribution is -2.14. The van der Waals surface area contributed by atoms with E-state index in [0.29, 0.717) is 17.1 Å². The van der Waals surface area contributed by atoms with E-state index in [4.69, 9.17) is 0 Å². The van der Waals surface area contributed by atoms with Gasteiger partial charge in [-0.1, -0.05) is 0 Å². The second-order valence-electron chi connectivity index (χ2n) is 5.61. The molecule has 3 nitrogen and oxygen atoms in total. The summed E-state index contributed by atoms with van der Waals surface area (Å²) in [5.74, 6) is -0.450. The van der Waals surface area contributed by atoms with Crippen LogP contribution in [0.25, 0.3) is 0 Å². The van der Waals surface area contributed by atoms with Crippen LogP contribution in [-0.4, -0.2) is 30.3 Å². The summed E-state index contributed by atoms with van der Waals surface area (Å²) in [4.78, 5) is 6.23. The normalized spacial score (nSPS) is 11.8. The molecule has 0 atom stereocenters. The average Bonchev–Trinajstić information content (AvgIpc) is 2.56. The third-order valence-corrected chi connectivity index (χ3v) is 4.34. The molecular formula is C18H19F4N3S. The fourth-order valence-electron chi connectivity index (χ4n) is 2.07. The molecule has 0 fully saturated rings. The molecule has 0 aliphatic heterocycles. The first-order valence-electron chi connectivity index (χ1n) is 7.85. The molecule has 0 spiro atoms. The molecule has 1 N–H and O–H groups in total. The zero-order chi connectivity index (χ0) is 19.3. The molecule has 0 saturated heterocycles. The number of benzene rings is 2. The van der Waals surface area contributed by atoms with Crippen molar-refractivity contribution in [3.05, 3.63) is 47.8 Å². The summed E-state index contributed by atoms with van der Waals surface area (Å²) < 4.78 is 51.0. The predicted molar refractivity (Wildman–Crippen MR) is 99.2 cm³/mol. The number of anilines is 2. The third kappa shape index (κ3) is 5.94. The lowest BCUT2D eigenvalue weighted by atomic mass is 10.1. The predicted octanol–water partition coefficient (Wildman–Crippen LogP) is 6.10. The molecule has 2 aromatic carbocycles. The third-order valence-electron chi connectivity index (χ3n) is 3.60. The van der Waals surface area contributed by atoms with Crippen LogP contribution in [-0.2, 0) is 0 Å². The smallest absolute Gasteiger partial charge is 0.366 e. The summed E-state index contributed by atoms with van der Waals surface area (Å²) in [6.07, 6.45) is 1.62. The molecule has 8 heteroatoms. The molecule has 0 amide bonds. The summed E-state index contributed by atoms with van der Waals surface area (Å²) in [5, 5.41) is 3.03. The largest absolute Gasteiger partial charge is 0.446 e. The Morgan fingerprint density at radius 1 is 1.19 bits per heavy atom. The Hall–Kier alpha value is -2.22. The van der Waals surface area contributed by atoms with E-state index in [1.165, 1.54) is 36.4 Å². The standard InChI is InChI=1S/C18H19F4N3S/c1-4-25(3)11-23-16-9-13(19)10-17(12(16)2)24-14-5-7-15(8-6-14)26-18(20,21)22/h5-11,24H,4H2,1-3H3. The number of alkyl halides is 3. The van der Waals surface area contributed by atoms with Crippen LogP contribution in [0.2, 0.25) is 0 Å². The van der Waals surface area contributed by atoms with Gasteiger partial charge in [-0.15, -0.1) is 0 Å². The Kier molecular flexibility index (Phi) is 6.52. The van der Waals surface area contributed by atoms with E-state index in [9.17, 15) is 17.6 Å². The van der Waals surface area contributed by atoms with Gasteiger partial charge < -0.3 is 10.2 Å². The van der Waals surface area contributed by atoms with Gasteiger partial charge in [0.25, 0.3) is 0 Å². The number of halogens is 4. The maximum absolute atomic E-state index is 13.9. The highest BCUT2D eigenvalue weighted by Crippen LogP contribution is 2.37. The van der Waals surface area contributed by atoms with E-state index in [0.717, 1.165) is 12.1 Å². The molecule has 0 bridgehead atoms. The van der Waals surface area contributed by atoms with E-state index in [1.54, 1.807) is 13.3 Å². The summed E-state index contributed by atoms with van der Waals surface area (Å²) in [7, 11) is 1.86. The SMILES string of the molecule is CCN(C)C=Nc1cc(F)cc(Nc2ccc(SC(F)(F)F)cc2)c1C. The highest BCUT2D eigenvalue weighted by Gasteiger charge is 2.29. The van der Waals surface area contributed by atoms with Crippen molar-refractivity contribution in [1.82, 2.24) is 4.90 Å². The number of rotatable bonds is 6. The Morgan fingerprint density at radius 3 is 2.42 bits per heavy atom. The summed E-state index contributed by atoms with van der Waals surface area (Å²) in [6, 6.07) is 8.44. The molecule has 0 aromatic heterocycles. The molecule has 0 aliphatic rings. The van der Waals surface area contributed by atoms with Gasteiger partial charge >= 0.3 is 5.51 Å². The van der Waals surface area contributed by atoms with Crippen LogP contribution in [0.15, 0.2) is 46.3 Å². The second-order valence-corrected chi connectivity index (χ2v) is 6.75. The zero-order valence-corrected chi connectivity index (χ0v) is 15.4. The van der Waals surface area contributed by atoms with Crippen molar-refractivity contribution in [3.63, 3.8) is 0 Å². The molecule has 0 radical (unpaired) electrons. The van der Waals surface area contributed by atoms with Gasteiger partial charge in [-0.25, -0.2) is 9.38 Å². The van der Waals surface area contributed by atoms with Gasteiger partial charge in [-0.3, -0.25) is 0 Å². The number of hydrogen-bond donors (Lipinski definition) is 1. The summed E-state index contributed by atoms with van der Waals surface area (Å²) in [5.41, 5.74) is -2.04. The zero-order valence-electron chi connectivity index (χ0n) is 14.6. The Balaban J connectivity index is 2.21. The van der Waals surface area contributed by atoms with Crippen molar-refractivity contribution >= 4 is 35.2 Å². The van der Waals surface area contributed by atoms with Crippen LogP contribution in [0.3, 0.4) is 0 Å². The minimum absolute atomic E-state index is 0.0897. The van der Waals surface area contributed by atoms with Gasteiger partial charge in [0.1, 0.15) is 5.82 Å². The van der Waals surface area contributed by atoms with E-state index < -0.39 is 11.3 Å². The van der Waals surface area contributed by atoms with Crippen molar-refractivity contribution in [3.8, 4) is 0 Å². The molecule has 2 aromatic rings. The van der Waals surface area contributed by atoms with Crippen molar-refractivity contribution < 1.29 is 17.6 Å². The van der Waals surface area contributed by atoms with Crippen LogP contribution in [0.5, 0.6) is 0 Å². The molecular weight excluding hydrogens is 366 g/mol. The number of nitrogens with one attached hydrogen (secondary N) is 1. The Bertz CT molecular complexity index is 773. The van der Waals surface area contributed by atoms with Gasteiger partial charge in [0.2, 0.25) is 0 Å². The average molecular weight is 385 g/mol. The fourth-order valence-corrected chi connectivity index (χ4v) is 2.61. The van der Waals surface area contributed by atoms with Crippen LogP contribution in [0.1, 0.15) is 12.5 Å². The lowest BCUT2D eigenvalue weighted by Gasteiger charge is -2.14. The number of nitrogens with zero attached hydrogens (tertiary/aromatic N) is 2. The minimum Gasteiger partial charge on any atom is -0.366 e. The molecule has 0 heterocycles. The van der Waals surface area contributed by atoms with Gasteiger partial charge in [-0.2, -0.15) is 13.2 Å². The van der Waals surface area contributed by atoms with Crippen LogP contribution >= 0.6 is 11.8 Å². The minimum atomic E-state index is -4.33. The Morgan fingerprint density at radius 2 is 1.85 bits per heavy atom. The van der Waals surface area contributed by atoms with Crippen molar-refractivity contribution in [2.75, 3.05) is 18.9 Å². The topological polar surface area (TPSA) is 27.6 Å². The monoisotopic (exact) mass is 385 g/mol. The quantitative estimate of drug-likeness (QED) is 0.282. The first-order chi connectivity index (χ1) is 12.2. The summed E-state index contributed by atoms with van der Waals surface area (Å²) in [6.45, 7) is 4.54. The second kappa shape index (κ2) is 8.44.